The first-order valence-electron chi connectivity index (χ1n) is 7.26. The van der Waals surface area contributed by atoms with Crippen molar-refractivity contribution in [2.75, 3.05) is 34.2 Å². The van der Waals surface area contributed by atoms with Crippen LogP contribution in [-0.2, 0) is 4.79 Å². The summed E-state index contributed by atoms with van der Waals surface area (Å²) in [4.78, 5) is 16.8. The van der Waals surface area contributed by atoms with Crippen LogP contribution in [0.4, 0.5) is 0 Å². The summed E-state index contributed by atoms with van der Waals surface area (Å²) in [7, 11) is 6.12. The van der Waals surface area contributed by atoms with Gasteiger partial charge in [0.05, 0.1) is 5.92 Å². The number of hydrogen-bond donors (Lipinski definition) is 1. The monoisotopic (exact) mass is 253 g/mol. The van der Waals surface area contributed by atoms with Gasteiger partial charge in [0.25, 0.3) is 0 Å². The Hall–Kier alpha value is -0.610. The summed E-state index contributed by atoms with van der Waals surface area (Å²) < 4.78 is 0. The van der Waals surface area contributed by atoms with E-state index in [0.29, 0.717) is 18.0 Å². The molecule has 18 heavy (non-hydrogen) atoms. The van der Waals surface area contributed by atoms with Crippen LogP contribution in [0.15, 0.2) is 0 Å². The third kappa shape index (κ3) is 2.86. The van der Waals surface area contributed by atoms with Gasteiger partial charge in [-0.3, -0.25) is 4.79 Å². The van der Waals surface area contributed by atoms with Gasteiger partial charge in [0.2, 0.25) is 5.91 Å². The average molecular weight is 253 g/mol. The molecule has 2 aliphatic rings. The SMILES string of the molecule is CN[C@H]1CCCC[C@@H]1N(C)C(=O)[C@@H]1CCN(C)C1. The molecule has 1 N–H and O–H groups in total. The molecule has 104 valence electrons. The minimum absolute atomic E-state index is 0.222. The van der Waals surface area contributed by atoms with Crippen LogP contribution in [-0.4, -0.2) is 62.0 Å². The Morgan fingerprint density at radius 3 is 2.61 bits per heavy atom. The Bertz CT molecular complexity index is 295. The molecule has 3 atom stereocenters. The van der Waals surface area contributed by atoms with Crippen molar-refractivity contribution in [3.63, 3.8) is 0 Å². The summed E-state index contributed by atoms with van der Waals surface area (Å²) in [5.74, 6) is 0.575. The number of hydrogen-bond acceptors (Lipinski definition) is 3. The normalized spacial score (nSPS) is 33.6. The van der Waals surface area contributed by atoms with Crippen LogP contribution in [0, 0.1) is 5.92 Å². The minimum atomic E-state index is 0.222. The van der Waals surface area contributed by atoms with Crippen molar-refractivity contribution in [2.45, 2.75) is 44.2 Å². The quantitative estimate of drug-likeness (QED) is 0.812. The van der Waals surface area contributed by atoms with Crippen LogP contribution >= 0.6 is 0 Å². The van der Waals surface area contributed by atoms with Gasteiger partial charge in [-0.2, -0.15) is 0 Å². The summed E-state index contributed by atoms with van der Waals surface area (Å²) in [5, 5.41) is 3.38. The molecule has 0 radical (unpaired) electrons. The lowest BCUT2D eigenvalue weighted by molar-refractivity contribution is -0.137. The Morgan fingerprint density at radius 1 is 1.28 bits per heavy atom. The van der Waals surface area contributed by atoms with E-state index in [0.717, 1.165) is 25.9 Å². The standard InChI is InChI=1S/C14H27N3O/c1-15-12-6-4-5-7-13(12)17(3)14(18)11-8-9-16(2)10-11/h11-13,15H,4-10H2,1-3H3/t11-,12+,13+/m1/s1. The van der Waals surface area contributed by atoms with E-state index in [2.05, 4.69) is 17.3 Å². The fourth-order valence-electron chi connectivity index (χ4n) is 3.50. The van der Waals surface area contributed by atoms with E-state index in [1.807, 2.05) is 19.0 Å². The first-order valence-corrected chi connectivity index (χ1v) is 7.26. The average Bonchev–Trinajstić information content (AvgIpc) is 2.83. The molecule has 1 aliphatic carbocycles. The molecule has 1 amide bonds. The van der Waals surface area contributed by atoms with Gasteiger partial charge in [-0.25, -0.2) is 0 Å². The number of rotatable bonds is 3. The highest BCUT2D eigenvalue weighted by Crippen LogP contribution is 2.25. The summed E-state index contributed by atoms with van der Waals surface area (Å²) in [5.41, 5.74) is 0. The largest absolute Gasteiger partial charge is 0.341 e. The zero-order valence-corrected chi connectivity index (χ0v) is 12.0. The van der Waals surface area contributed by atoms with Crippen LogP contribution in [0.2, 0.25) is 0 Å². The molecule has 0 unspecified atom stereocenters. The number of nitrogens with one attached hydrogen (secondary N) is 1. The molecule has 4 heteroatoms. The van der Waals surface area contributed by atoms with E-state index in [-0.39, 0.29) is 5.92 Å². The molecular formula is C14H27N3O. The van der Waals surface area contributed by atoms with E-state index in [1.54, 1.807) is 0 Å². The Labute approximate surface area is 111 Å². The molecule has 0 aromatic carbocycles. The van der Waals surface area contributed by atoms with Crippen molar-refractivity contribution in [1.29, 1.82) is 0 Å². The minimum Gasteiger partial charge on any atom is -0.341 e. The molecule has 4 nitrogen and oxygen atoms in total. The first-order chi connectivity index (χ1) is 8.63. The number of carbonyl (C=O) groups is 1. The van der Waals surface area contributed by atoms with E-state index in [4.69, 9.17) is 0 Å². The van der Waals surface area contributed by atoms with Gasteiger partial charge in [-0.05, 0) is 39.9 Å². The second kappa shape index (κ2) is 6.02. The number of nitrogens with zero attached hydrogens (tertiary/aromatic N) is 2. The smallest absolute Gasteiger partial charge is 0.227 e. The molecule has 1 saturated heterocycles. The summed E-state index contributed by atoms with van der Waals surface area (Å²) in [6.45, 7) is 1.99. The van der Waals surface area contributed by atoms with Gasteiger partial charge in [0.1, 0.15) is 0 Å². The van der Waals surface area contributed by atoms with Crippen LogP contribution < -0.4 is 5.32 Å². The summed E-state index contributed by atoms with van der Waals surface area (Å²) >= 11 is 0. The first kappa shape index (κ1) is 13.8. The maximum atomic E-state index is 12.5. The predicted octanol–water partition coefficient (Wildman–Crippen LogP) is 0.927. The van der Waals surface area contributed by atoms with Crippen LogP contribution in [0.3, 0.4) is 0 Å². The maximum absolute atomic E-state index is 12.5. The molecule has 0 aromatic rings. The molecular weight excluding hydrogens is 226 g/mol. The van der Waals surface area contributed by atoms with Crippen molar-refractivity contribution in [3.8, 4) is 0 Å². The van der Waals surface area contributed by atoms with Crippen LogP contribution in [0.25, 0.3) is 0 Å². The van der Waals surface area contributed by atoms with Gasteiger partial charge in [0.15, 0.2) is 0 Å². The van der Waals surface area contributed by atoms with Gasteiger partial charge in [0, 0.05) is 25.7 Å². The highest BCUT2D eigenvalue weighted by Gasteiger charge is 2.34. The van der Waals surface area contributed by atoms with E-state index in [1.165, 1.54) is 19.3 Å². The van der Waals surface area contributed by atoms with Crippen LogP contribution in [0.5, 0.6) is 0 Å². The third-order valence-electron chi connectivity index (χ3n) is 4.69. The van der Waals surface area contributed by atoms with Gasteiger partial charge in [-0.15, -0.1) is 0 Å². The maximum Gasteiger partial charge on any atom is 0.227 e. The van der Waals surface area contributed by atoms with Gasteiger partial charge in [-0.1, -0.05) is 12.8 Å². The zero-order valence-electron chi connectivity index (χ0n) is 12.0. The van der Waals surface area contributed by atoms with Gasteiger partial charge >= 0.3 is 0 Å². The number of amides is 1. The van der Waals surface area contributed by atoms with E-state index in [9.17, 15) is 4.79 Å². The summed E-state index contributed by atoms with van der Waals surface area (Å²) in [6, 6.07) is 0.869. The molecule has 1 heterocycles. The lowest BCUT2D eigenvalue weighted by atomic mass is 9.88. The van der Waals surface area contributed by atoms with Crippen molar-refractivity contribution in [2.24, 2.45) is 5.92 Å². The highest BCUT2D eigenvalue weighted by molar-refractivity contribution is 5.79. The fraction of sp³-hybridized carbons (Fsp3) is 0.929. The molecule has 0 aromatic heterocycles. The Kier molecular flexibility index (Phi) is 4.62. The van der Waals surface area contributed by atoms with Gasteiger partial charge < -0.3 is 15.1 Å². The zero-order chi connectivity index (χ0) is 13.1. The molecule has 0 spiro atoms. The predicted molar refractivity (Wildman–Crippen MR) is 73.5 cm³/mol. The number of likely N-dealkylation sites (tertiary alicyclic amines) is 1. The fourth-order valence-corrected chi connectivity index (χ4v) is 3.50. The lowest BCUT2D eigenvalue weighted by Gasteiger charge is -2.38. The van der Waals surface area contributed by atoms with E-state index >= 15 is 0 Å². The number of carbonyl (C=O) groups excluding carboxylic acids is 1. The van der Waals surface area contributed by atoms with Crippen molar-refractivity contribution < 1.29 is 4.79 Å². The number of likely N-dealkylation sites (N-methyl/N-ethyl adjacent to an activating group) is 2. The third-order valence-corrected chi connectivity index (χ3v) is 4.69. The Balaban J connectivity index is 1.96. The molecule has 0 bridgehead atoms. The second-order valence-electron chi connectivity index (χ2n) is 5.94. The summed E-state index contributed by atoms with van der Waals surface area (Å²) in [6.07, 6.45) is 5.91. The molecule has 1 aliphatic heterocycles. The topological polar surface area (TPSA) is 35.6 Å². The molecule has 2 rings (SSSR count). The van der Waals surface area contributed by atoms with Crippen LogP contribution in [0.1, 0.15) is 32.1 Å². The van der Waals surface area contributed by atoms with Crippen molar-refractivity contribution >= 4 is 5.91 Å². The Morgan fingerprint density at radius 2 is 2.00 bits per heavy atom. The molecule has 1 saturated carbocycles. The van der Waals surface area contributed by atoms with Crippen molar-refractivity contribution in [1.82, 2.24) is 15.1 Å². The second-order valence-corrected chi connectivity index (χ2v) is 5.94. The van der Waals surface area contributed by atoms with E-state index < -0.39 is 0 Å². The van der Waals surface area contributed by atoms with Crippen molar-refractivity contribution in [3.05, 3.63) is 0 Å². The highest BCUT2D eigenvalue weighted by atomic mass is 16.2. The lowest BCUT2D eigenvalue weighted by Crippen LogP contribution is -2.52. The molecule has 2 fully saturated rings.